The monoisotopic (exact) mass is 99.1 g/mol. The van der Waals surface area contributed by atoms with E-state index in [4.69, 9.17) is 13.0 Å². The largest absolute Gasteiger partial charge is 0.395 e. The summed E-state index contributed by atoms with van der Waals surface area (Å²) in [6, 6.07) is 0.130. The molecule has 0 spiro atoms. The Balaban J connectivity index is 2.83. The number of nitrogens with one attached hydrogen (secondary N) is 1. The van der Waals surface area contributed by atoms with Crippen LogP contribution in [0.2, 0.25) is 0 Å². The van der Waals surface area contributed by atoms with E-state index >= 15 is 0 Å². The van der Waals surface area contributed by atoms with Crippen LogP contribution in [0.3, 0.4) is 0 Å². The van der Waals surface area contributed by atoms with Gasteiger partial charge in [0.1, 0.15) is 0 Å². The minimum absolute atomic E-state index is 0.130. The lowest BCUT2D eigenvalue weighted by atomic mass is 10.1. The van der Waals surface area contributed by atoms with Crippen molar-refractivity contribution in [1.29, 1.82) is 0 Å². The van der Waals surface area contributed by atoms with E-state index < -0.39 is 0 Å². The van der Waals surface area contributed by atoms with Crippen molar-refractivity contribution in [3.63, 3.8) is 0 Å². The molecule has 0 saturated carbocycles. The number of rotatable bonds is 3. The van der Waals surface area contributed by atoms with Gasteiger partial charge in [-0.3, -0.25) is 0 Å². The number of aliphatic hydroxyl groups excluding tert-OH is 1. The highest BCUT2D eigenvalue weighted by Crippen LogP contribution is 1.72. The van der Waals surface area contributed by atoms with E-state index in [0.717, 1.165) is 0 Å². The predicted octanol–water partition coefficient (Wildman–Crippen LogP) is -0.917. The van der Waals surface area contributed by atoms with Crippen LogP contribution >= 0.6 is 0 Å². The van der Waals surface area contributed by atoms with Crippen molar-refractivity contribution in [2.24, 2.45) is 0 Å². The Kier molecular flexibility index (Phi) is 4.14. The summed E-state index contributed by atoms with van der Waals surface area (Å²) >= 11 is 0. The summed E-state index contributed by atoms with van der Waals surface area (Å²) < 4.78 is 0. The molecule has 0 heterocycles. The maximum atomic E-state index is 8.35. The molecule has 0 aromatic heterocycles. The zero-order valence-electron chi connectivity index (χ0n) is 4.52. The van der Waals surface area contributed by atoms with Gasteiger partial charge in [-0.25, -0.2) is 0 Å². The van der Waals surface area contributed by atoms with Crippen molar-refractivity contribution in [3.05, 3.63) is 0 Å². The highest BCUT2D eigenvalue weighted by molar-refractivity contribution is 6.08. The van der Waals surface area contributed by atoms with Gasteiger partial charge in [0.2, 0.25) is 0 Å². The van der Waals surface area contributed by atoms with Crippen LogP contribution in [0.1, 0.15) is 6.92 Å². The molecule has 0 rings (SSSR count). The standard InChI is InChI=1S/C4H10BNO/c1-4(2-7)6-3-5/h4,6-7H,2-3H2,1H3. The van der Waals surface area contributed by atoms with E-state index in [1.165, 1.54) is 0 Å². The van der Waals surface area contributed by atoms with E-state index in [1.54, 1.807) is 0 Å². The quantitative estimate of drug-likeness (QED) is 0.448. The van der Waals surface area contributed by atoms with Crippen molar-refractivity contribution in [3.8, 4) is 0 Å². The second-order valence-electron chi connectivity index (χ2n) is 1.49. The van der Waals surface area contributed by atoms with Crippen LogP contribution in [0.5, 0.6) is 0 Å². The summed E-state index contributed by atoms with van der Waals surface area (Å²) in [6.45, 7) is 2.02. The van der Waals surface area contributed by atoms with E-state index in [2.05, 4.69) is 5.32 Å². The molecular weight excluding hydrogens is 88.9 g/mol. The molecular formula is C4H10BNO. The lowest BCUT2D eigenvalue weighted by Crippen LogP contribution is -2.29. The minimum Gasteiger partial charge on any atom is -0.395 e. The average molecular weight is 98.9 g/mol. The van der Waals surface area contributed by atoms with Crippen LogP contribution < -0.4 is 5.32 Å². The molecule has 0 amide bonds. The van der Waals surface area contributed by atoms with Crippen LogP contribution in [0, 0.1) is 0 Å². The molecule has 1 atom stereocenters. The molecule has 40 valence electrons. The lowest BCUT2D eigenvalue weighted by Gasteiger charge is -2.05. The highest BCUT2D eigenvalue weighted by atomic mass is 16.3. The third-order valence-corrected chi connectivity index (χ3v) is 0.740. The Morgan fingerprint density at radius 1 is 1.86 bits per heavy atom. The molecule has 0 bridgehead atoms. The van der Waals surface area contributed by atoms with Crippen LogP contribution in [0.4, 0.5) is 0 Å². The van der Waals surface area contributed by atoms with Crippen LogP contribution in [0.25, 0.3) is 0 Å². The van der Waals surface area contributed by atoms with Crippen molar-refractivity contribution >= 4 is 7.85 Å². The van der Waals surface area contributed by atoms with E-state index in [0.29, 0.717) is 6.44 Å². The Morgan fingerprint density at radius 3 is 2.57 bits per heavy atom. The first-order chi connectivity index (χ1) is 3.31. The number of aliphatic hydroxyl groups is 1. The van der Waals surface area contributed by atoms with Crippen molar-refractivity contribution in [2.75, 3.05) is 13.1 Å². The molecule has 0 aliphatic carbocycles. The molecule has 0 saturated heterocycles. The molecule has 7 heavy (non-hydrogen) atoms. The first-order valence-electron chi connectivity index (χ1n) is 2.35. The normalized spacial score (nSPS) is 14.0. The fraction of sp³-hybridized carbons (Fsp3) is 1.00. The number of hydrogen-bond donors (Lipinski definition) is 2. The molecule has 0 aromatic rings. The number of hydrogen-bond acceptors (Lipinski definition) is 2. The molecule has 0 fully saturated rings. The Bertz CT molecular complexity index is 42.7. The van der Waals surface area contributed by atoms with Gasteiger partial charge < -0.3 is 10.4 Å². The van der Waals surface area contributed by atoms with E-state index in [9.17, 15) is 0 Å². The van der Waals surface area contributed by atoms with Gasteiger partial charge in [-0.15, -0.1) is 0 Å². The van der Waals surface area contributed by atoms with Crippen LogP contribution in [-0.4, -0.2) is 32.0 Å². The Hall–Kier alpha value is -0.0151. The summed E-state index contributed by atoms with van der Waals surface area (Å²) in [4.78, 5) is 0. The van der Waals surface area contributed by atoms with E-state index in [-0.39, 0.29) is 12.6 Å². The maximum absolute atomic E-state index is 8.35. The average Bonchev–Trinajstić information content (AvgIpc) is 1.68. The molecule has 2 nitrogen and oxygen atoms in total. The van der Waals surface area contributed by atoms with Crippen LogP contribution in [0.15, 0.2) is 0 Å². The van der Waals surface area contributed by atoms with Gasteiger partial charge in [0, 0.05) is 6.04 Å². The van der Waals surface area contributed by atoms with Gasteiger partial charge in [-0.05, 0) is 13.4 Å². The van der Waals surface area contributed by atoms with Crippen molar-refractivity contribution in [2.45, 2.75) is 13.0 Å². The molecule has 2 radical (unpaired) electrons. The summed E-state index contributed by atoms with van der Waals surface area (Å²) in [6.07, 6.45) is 0.432. The summed E-state index contributed by atoms with van der Waals surface area (Å²) in [5.74, 6) is 0. The zero-order chi connectivity index (χ0) is 5.70. The first kappa shape index (κ1) is 6.98. The summed E-state index contributed by atoms with van der Waals surface area (Å²) in [7, 11) is 5.08. The second-order valence-corrected chi connectivity index (χ2v) is 1.49. The molecule has 3 heteroatoms. The second kappa shape index (κ2) is 4.15. The lowest BCUT2D eigenvalue weighted by molar-refractivity contribution is 0.256. The van der Waals surface area contributed by atoms with Crippen molar-refractivity contribution in [1.82, 2.24) is 5.32 Å². The fourth-order valence-corrected chi connectivity index (χ4v) is 0.266. The Labute approximate surface area is 45.3 Å². The predicted molar refractivity (Wildman–Crippen MR) is 30.3 cm³/mol. The van der Waals surface area contributed by atoms with Gasteiger partial charge in [0.05, 0.1) is 14.5 Å². The summed E-state index contributed by atoms with van der Waals surface area (Å²) in [5, 5.41) is 11.2. The van der Waals surface area contributed by atoms with E-state index in [1.807, 2.05) is 6.92 Å². The molecule has 0 aliphatic heterocycles. The van der Waals surface area contributed by atoms with Gasteiger partial charge in [0.15, 0.2) is 0 Å². The van der Waals surface area contributed by atoms with Gasteiger partial charge >= 0.3 is 0 Å². The smallest absolute Gasteiger partial charge is 0.0859 e. The Morgan fingerprint density at radius 2 is 2.43 bits per heavy atom. The zero-order valence-corrected chi connectivity index (χ0v) is 4.52. The first-order valence-corrected chi connectivity index (χ1v) is 2.35. The van der Waals surface area contributed by atoms with Crippen molar-refractivity contribution < 1.29 is 5.11 Å². The van der Waals surface area contributed by atoms with Gasteiger partial charge in [0.25, 0.3) is 0 Å². The minimum atomic E-state index is 0.130. The molecule has 0 aromatic carbocycles. The highest BCUT2D eigenvalue weighted by Gasteiger charge is 1.91. The molecule has 1 unspecified atom stereocenters. The SMILES string of the molecule is [B]CNC(C)CO. The molecule has 2 N–H and O–H groups in total. The van der Waals surface area contributed by atoms with Crippen LogP contribution in [-0.2, 0) is 0 Å². The molecule has 0 aliphatic rings. The fourth-order valence-electron chi connectivity index (χ4n) is 0.266. The maximum Gasteiger partial charge on any atom is 0.0859 e. The third-order valence-electron chi connectivity index (χ3n) is 0.740. The van der Waals surface area contributed by atoms with Gasteiger partial charge in [-0.1, -0.05) is 0 Å². The summed E-state index contributed by atoms with van der Waals surface area (Å²) in [5.41, 5.74) is 0. The topological polar surface area (TPSA) is 32.3 Å². The van der Waals surface area contributed by atoms with Gasteiger partial charge in [-0.2, -0.15) is 0 Å². The third kappa shape index (κ3) is 3.82.